The maximum atomic E-state index is 13.6. The van der Waals surface area contributed by atoms with E-state index in [-0.39, 0.29) is 23.6 Å². The fourth-order valence-corrected chi connectivity index (χ4v) is 6.67. The van der Waals surface area contributed by atoms with E-state index in [1.54, 1.807) is 42.5 Å². The van der Waals surface area contributed by atoms with Crippen LogP contribution in [0.15, 0.2) is 127 Å². The summed E-state index contributed by atoms with van der Waals surface area (Å²) in [5, 5.41) is 0. The van der Waals surface area contributed by atoms with E-state index in [0.29, 0.717) is 33.6 Å². The SMILES string of the molecule is Cc1ccc(-c2ccc3c(c2)C(=O)N(c2ccc(-c4ccc(N5C(=O)c6ccc(-c7ccc(C)cc7)cc6C5=O)c(C)c4)cc2)C3=O)cc1. The number of anilines is 2. The summed E-state index contributed by atoms with van der Waals surface area (Å²) in [6, 6.07) is 39.7. The molecule has 2 aliphatic rings. The molecule has 6 heteroatoms. The smallest absolute Gasteiger partial charge is 0.266 e. The van der Waals surface area contributed by atoms with Gasteiger partial charge in [0.15, 0.2) is 0 Å². The number of carbonyl (C=O) groups is 4. The molecule has 0 aromatic heterocycles. The molecule has 6 aromatic carbocycles. The summed E-state index contributed by atoms with van der Waals surface area (Å²) in [6.45, 7) is 5.92. The van der Waals surface area contributed by atoms with Gasteiger partial charge in [-0.3, -0.25) is 19.2 Å². The van der Waals surface area contributed by atoms with Gasteiger partial charge in [0.2, 0.25) is 0 Å². The Morgan fingerprint density at radius 1 is 0.347 bits per heavy atom. The van der Waals surface area contributed by atoms with E-state index < -0.39 is 0 Å². The van der Waals surface area contributed by atoms with Gasteiger partial charge in [0, 0.05) is 0 Å². The van der Waals surface area contributed by atoms with Crippen LogP contribution in [0.4, 0.5) is 11.4 Å². The summed E-state index contributed by atoms with van der Waals surface area (Å²) in [5.41, 5.74) is 11.1. The van der Waals surface area contributed by atoms with Crippen molar-refractivity contribution in [1.82, 2.24) is 0 Å². The molecular formula is C43H30N2O4. The third-order valence-electron chi connectivity index (χ3n) is 9.44. The third kappa shape index (κ3) is 4.97. The second-order valence-electron chi connectivity index (χ2n) is 12.7. The Hall–Kier alpha value is -6.40. The highest BCUT2D eigenvalue weighted by molar-refractivity contribution is 6.35. The van der Waals surface area contributed by atoms with Crippen LogP contribution in [-0.2, 0) is 0 Å². The number of rotatable bonds is 5. The standard InChI is InChI=1S/C43H30N2O4/c1-25-4-8-28(9-5-25)32-14-19-35-37(23-32)42(48)44(40(35)46)34-17-12-30(13-18-34)31-16-21-39(27(3)22-31)45-41(47)36-20-15-33(24-38(36)43(45)49)29-10-6-26(2)7-11-29/h4-24H,1-3H3. The lowest BCUT2D eigenvalue weighted by molar-refractivity contribution is 0.0910. The minimum atomic E-state index is -0.353. The molecule has 4 amide bonds. The van der Waals surface area contributed by atoms with Gasteiger partial charge in [0.1, 0.15) is 0 Å². The number of nitrogens with zero attached hydrogens (tertiary/aromatic N) is 2. The average molecular weight is 639 g/mol. The van der Waals surface area contributed by atoms with E-state index in [2.05, 4.69) is 0 Å². The number of imide groups is 2. The van der Waals surface area contributed by atoms with Crippen LogP contribution in [0, 0.1) is 20.8 Å². The van der Waals surface area contributed by atoms with Crippen LogP contribution in [0.5, 0.6) is 0 Å². The minimum absolute atomic E-state index is 0.345. The van der Waals surface area contributed by atoms with Crippen molar-refractivity contribution in [3.63, 3.8) is 0 Å². The fraction of sp³-hybridized carbons (Fsp3) is 0.0698. The van der Waals surface area contributed by atoms with Crippen molar-refractivity contribution in [3.05, 3.63) is 166 Å². The molecule has 236 valence electrons. The predicted octanol–water partition coefficient (Wildman–Crippen LogP) is 9.21. The second-order valence-corrected chi connectivity index (χ2v) is 12.7. The first-order valence-electron chi connectivity index (χ1n) is 16.1. The lowest BCUT2D eigenvalue weighted by atomic mass is 9.99. The molecule has 0 aliphatic carbocycles. The number of benzene rings is 6. The van der Waals surface area contributed by atoms with Crippen molar-refractivity contribution in [2.75, 3.05) is 9.80 Å². The van der Waals surface area contributed by atoms with Gasteiger partial charge in [-0.25, -0.2) is 9.80 Å². The van der Waals surface area contributed by atoms with Gasteiger partial charge in [-0.05, 0) is 108 Å². The zero-order valence-corrected chi connectivity index (χ0v) is 27.2. The molecule has 0 N–H and O–H groups in total. The predicted molar refractivity (Wildman–Crippen MR) is 192 cm³/mol. The molecule has 0 saturated carbocycles. The lowest BCUT2D eigenvalue weighted by Gasteiger charge is -2.18. The number of hydrogen-bond acceptors (Lipinski definition) is 4. The summed E-state index contributed by atoms with van der Waals surface area (Å²) in [7, 11) is 0. The first-order valence-corrected chi connectivity index (χ1v) is 16.1. The number of hydrogen-bond donors (Lipinski definition) is 0. The van der Waals surface area contributed by atoms with E-state index in [1.807, 2.05) is 106 Å². The molecule has 0 fully saturated rings. The Morgan fingerprint density at radius 2 is 0.714 bits per heavy atom. The highest BCUT2D eigenvalue weighted by atomic mass is 16.2. The number of fused-ring (bicyclic) bond motifs is 2. The maximum absolute atomic E-state index is 13.6. The Kier molecular flexibility index (Phi) is 6.96. The largest absolute Gasteiger partial charge is 0.268 e. The molecule has 49 heavy (non-hydrogen) atoms. The summed E-state index contributed by atoms with van der Waals surface area (Å²) in [6.07, 6.45) is 0. The van der Waals surface area contributed by atoms with Gasteiger partial charge >= 0.3 is 0 Å². The van der Waals surface area contributed by atoms with E-state index in [1.165, 1.54) is 9.80 Å². The normalized spacial score (nSPS) is 13.7. The average Bonchev–Trinajstić information content (AvgIpc) is 3.52. The Labute approximate surface area is 283 Å². The van der Waals surface area contributed by atoms with E-state index in [0.717, 1.165) is 50.1 Å². The fourth-order valence-electron chi connectivity index (χ4n) is 6.67. The van der Waals surface area contributed by atoms with Gasteiger partial charge in [-0.1, -0.05) is 90.0 Å². The van der Waals surface area contributed by atoms with Gasteiger partial charge in [0.25, 0.3) is 23.6 Å². The second kappa shape index (κ2) is 11.4. The van der Waals surface area contributed by atoms with Crippen LogP contribution in [0.25, 0.3) is 33.4 Å². The summed E-state index contributed by atoms with van der Waals surface area (Å²) >= 11 is 0. The monoisotopic (exact) mass is 638 g/mol. The van der Waals surface area contributed by atoms with Crippen LogP contribution in [0.1, 0.15) is 58.1 Å². The van der Waals surface area contributed by atoms with Crippen LogP contribution < -0.4 is 9.80 Å². The summed E-state index contributed by atoms with van der Waals surface area (Å²) < 4.78 is 0. The quantitative estimate of drug-likeness (QED) is 0.177. The minimum Gasteiger partial charge on any atom is -0.268 e. The molecule has 8 rings (SSSR count). The Bertz CT molecular complexity index is 2370. The first-order chi connectivity index (χ1) is 23.7. The van der Waals surface area contributed by atoms with E-state index in [4.69, 9.17) is 0 Å². The van der Waals surface area contributed by atoms with Crippen molar-refractivity contribution < 1.29 is 19.2 Å². The summed E-state index contributed by atoms with van der Waals surface area (Å²) in [5.74, 6) is -1.40. The molecule has 0 spiro atoms. The highest BCUT2D eigenvalue weighted by Gasteiger charge is 2.38. The first kappa shape index (κ1) is 30.0. The molecule has 0 radical (unpaired) electrons. The molecular weight excluding hydrogens is 608 g/mol. The van der Waals surface area contributed by atoms with Crippen molar-refractivity contribution in [1.29, 1.82) is 0 Å². The van der Waals surface area contributed by atoms with Gasteiger partial charge in [-0.2, -0.15) is 0 Å². The molecule has 0 unspecified atom stereocenters. The molecule has 0 bridgehead atoms. The molecule has 2 aliphatic heterocycles. The Morgan fingerprint density at radius 3 is 1.20 bits per heavy atom. The maximum Gasteiger partial charge on any atom is 0.266 e. The number of amides is 4. The van der Waals surface area contributed by atoms with Gasteiger partial charge in [0.05, 0.1) is 33.6 Å². The number of carbonyl (C=O) groups excluding carboxylic acids is 4. The molecule has 6 aromatic rings. The van der Waals surface area contributed by atoms with Crippen molar-refractivity contribution >= 4 is 35.0 Å². The van der Waals surface area contributed by atoms with Crippen molar-refractivity contribution in [2.24, 2.45) is 0 Å². The topological polar surface area (TPSA) is 74.8 Å². The summed E-state index contributed by atoms with van der Waals surface area (Å²) in [4.78, 5) is 56.4. The zero-order chi connectivity index (χ0) is 34.0. The molecule has 6 nitrogen and oxygen atoms in total. The van der Waals surface area contributed by atoms with E-state index in [9.17, 15) is 19.2 Å². The van der Waals surface area contributed by atoms with Crippen LogP contribution in [0.2, 0.25) is 0 Å². The molecule has 0 saturated heterocycles. The van der Waals surface area contributed by atoms with Crippen LogP contribution >= 0.6 is 0 Å². The van der Waals surface area contributed by atoms with Crippen molar-refractivity contribution in [3.8, 4) is 33.4 Å². The highest BCUT2D eigenvalue weighted by Crippen LogP contribution is 2.37. The van der Waals surface area contributed by atoms with Crippen molar-refractivity contribution in [2.45, 2.75) is 20.8 Å². The van der Waals surface area contributed by atoms with Crippen LogP contribution in [-0.4, -0.2) is 23.6 Å². The third-order valence-corrected chi connectivity index (χ3v) is 9.44. The molecule has 0 atom stereocenters. The van der Waals surface area contributed by atoms with E-state index >= 15 is 0 Å². The lowest BCUT2D eigenvalue weighted by Crippen LogP contribution is -2.30. The van der Waals surface area contributed by atoms with Gasteiger partial charge in [-0.15, -0.1) is 0 Å². The van der Waals surface area contributed by atoms with Gasteiger partial charge < -0.3 is 0 Å². The number of aryl methyl sites for hydroxylation is 3. The zero-order valence-electron chi connectivity index (χ0n) is 27.2. The van der Waals surface area contributed by atoms with Crippen LogP contribution in [0.3, 0.4) is 0 Å². The Balaban J connectivity index is 1.03. The molecule has 2 heterocycles.